The molecular formula is C31H42FN3O4. The second-order valence-corrected chi connectivity index (χ2v) is 11.5. The SMILES string of the molecule is CC(C)CC(=O)N1CCCN(CC(C)C)CCCN(C(=O)Cc2ccc3c(c2)OCO3)Cc2cc(F)ccc21. The first kappa shape index (κ1) is 28.9. The number of carbonyl (C=O) groups excluding carboxylic acids is 2. The molecule has 2 amide bonds. The van der Waals surface area contributed by atoms with Gasteiger partial charge < -0.3 is 24.2 Å². The third kappa shape index (κ3) is 7.94. The molecule has 2 aliphatic heterocycles. The van der Waals surface area contributed by atoms with E-state index in [1.807, 2.05) is 41.8 Å². The van der Waals surface area contributed by atoms with Crippen molar-refractivity contribution in [3.05, 3.63) is 53.3 Å². The lowest BCUT2D eigenvalue weighted by Crippen LogP contribution is -2.40. The average molecular weight is 540 g/mol. The molecule has 0 fully saturated rings. The van der Waals surface area contributed by atoms with Crippen molar-refractivity contribution < 1.29 is 23.5 Å². The minimum absolute atomic E-state index is 0.0311. The number of hydrogen-bond acceptors (Lipinski definition) is 5. The minimum Gasteiger partial charge on any atom is -0.454 e. The summed E-state index contributed by atoms with van der Waals surface area (Å²) < 4.78 is 25.4. The largest absolute Gasteiger partial charge is 0.454 e. The van der Waals surface area contributed by atoms with Gasteiger partial charge in [0.05, 0.1) is 6.42 Å². The summed E-state index contributed by atoms with van der Waals surface area (Å²) >= 11 is 0. The van der Waals surface area contributed by atoms with Gasteiger partial charge in [0, 0.05) is 38.3 Å². The van der Waals surface area contributed by atoms with E-state index < -0.39 is 0 Å². The number of anilines is 1. The number of carbonyl (C=O) groups is 2. The van der Waals surface area contributed by atoms with Crippen LogP contribution in [-0.2, 0) is 22.6 Å². The average Bonchev–Trinajstić information content (AvgIpc) is 3.33. The number of hydrogen-bond donors (Lipinski definition) is 0. The lowest BCUT2D eigenvalue weighted by molar-refractivity contribution is -0.131. The Morgan fingerprint density at radius 1 is 0.872 bits per heavy atom. The lowest BCUT2D eigenvalue weighted by atomic mass is 10.1. The first-order valence-corrected chi connectivity index (χ1v) is 14.2. The van der Waals surface area contributed by atoms with Crippen LogP contribution in [0.25, 0.3) is 0 Å². The fourth-order valence-corrected chi connectivity index (χ4v) is 5.37. The van der Waals surface area contributed by atoms with Gasteiger partial charge in [-0.15, -0.1) is 0 Å². The second-order valence-electron chi connectivity index (χ2n) is 11.5. The fraction of sp³-hybridized carbons (Fsp3) is 0.548. The number of benzene rings is 2. The van der Waals surface area contributed by atoms with E-state index in [0.717, 1.165) is 38.0 Å². The molecule has 0 spiro atoms. The molecule has 7 nitrogen and oxygen atoms in total. The predicted molar refractivity (Wildman–Crippen MR) is 150 cm³/mol. The maximum atomic E-state index is 14.5. The summed E-state index contributed by atoms with van der Waals surface area (Å²) in [5.41, 5.74) is 2.19. The monoisotopic (exact) mass is 539 g/mol. The Morgan fingerprint density at radius 2 is 1.62 bits per heavy atom. The highest BCUT2D eigenvalue weighted by Crippen LogP contribution is 2.33. The number of halogens is 1. The zero-order valence-electron chi connectivity index (χ0n) is 23.7. The van der Waals surface area contributed by atoms with Crippen molar-refractivity contribution in [3.63, 3.8) is 0 Å². The third-order valence-corrected chi connectivity index (χ3v) is 7.10. The van der Waals surface area contributed by atoms with Crippen molar-refractivity contribution in [3.8, 4) is 11.5 Å². The van der Waals surface area contributed by atoms with E-state index in [4.69, 9.17) is 9.47 Å². The van der Waals surface area contributed by atoms with Crippen LogP contribution in [0.15, 0.2) is 36.4 Å². The molecule has 0 saturated carbocycles. The molecule has 0 atom stereocenters. The van der Waals surface area contributed by atoms with E-state index in [0.29, 0.717) is 48.2 Å². The molecule has 2 aromatic rings. The van der Waals surface area contributed by atoms with Gasteiger partial charge in [0.2, 0.25) is 18.6 Å². The third-order valence-electron chi connectivity index (χ3n) is 7.10. The Balaban J connectivity index is 1.63. The number of amides is 2. The van der Waals surface area contributed by atoms with E-state index >= 15 is 0 Å². The molecule has 0 radical (unpaired) electrons. The van der Waals surface area contributed by atoms with E-state index in [2.05, 4.69) is 18.7 Å². The lowest BCUT2D eigenvalue weighted by Gasteiger charge is -2.32. The molecular weight excluding hydrogens is 497 g/mol. The van der Waals surface area contributed by atoms with Gasteiger partial charge in [-0.05, 0) is 79.2 Å². The summed E-state index contributed by atoms with van der Waals surface area (Å²) in [6.45, 7) is 12.7. The van der Waals surface area contributed by atoms with Crippen LogP contribution in [-0.4, -0.2) is 61.1 Å². The van der Waals surface area contributed by atoms with Gasteiger partial charge in [-0.3, -0.25) is 9.59 Å². The van der Waals surface area contributed by atoms with Crippen LogP contribution in [0.2, 0.25) is 0 Å². The second kappa shape index (κ2) is 13.3. The van der Waals surface area contributed by atoms with Gasteiger partial charge in [-0.1, -0.05) is 33.8 Å². The Morgan fingerprint density at radius 3 is 2.36 bits per heavy atom. The van der Waals surface area contributed by atoms with Gasteiger partial charge in [0.25, 0.3) is 0 Å². The van der Waals surface area contributed by atoms with Gasteiger partial charge in [-0.2, -0.15) is 0 Å². The first-order chi connectivity index (χ1) is 18.7. The van der Waals surface area contributed by atoms with E-state index in [-0.39, 0.29) is 43.3 Å². The van der Waals surface area contributed by atoms with Crippen molar-refractivity contribution in [1.82, 2.24) is 9.80 Å². The van der Waals surface area contributed by atoms with E-state index in [9.17, 15) is 14.0 Å². The molecule has 212 valence electrons. The highest BCUT2D eigenvalue weighted by molar-refractivity contribution is 5.94. The molecule has 0 bridgehead atoms. The van der Waals surface area contributed by atoms with Crippen LogP contribution in [0, 0.1) is 17.7 Å². The number of ether oxygens (including phenoxy) is 2. The van der Waals surface area contributed by atoms with Crippen molar-refractivity contribution >= 4 is 17.5 Å². The molecule has 2 aliphatic rings. The molecule has 4 rings (SSSR count). The smallest absolute Gasteiger partial charge is 0.231 e. The van der Waals surface area contributed by atoms with E-state index in [1.165, 1.54) is 12.1 Å². The first-order valence-electron chi connectivity index (χ1n) is 14.2. The molecule has 39 heavy (non-hydrogen) atoms. The zero-order chi connectivity index (χ0) is 27.9. The summed E-state index contributed by atoms with van der Waals surface area (Å²) in [6.07, 6.45) is 2.27. The van der Waals surface area contributed by atoms with Crippen molar-refractivity contribution in [2.24, 2.45) is 11.8 Å². The normalized spacial score (nSPS) is 16.7. The summed E-state index contributed by atoms with van der Waals surface area (Å²) in [6, 6.07) is 10.1. The standard InChI is InChI=1S/C31H42FN3O4/c1-22(2)15-31(37)35-14-6-12-33(19-23(3)4)11-5-13-34(20-25-18-26(32)8-9-27(25)35)30(36)17-24-7-10-28-29(16-24)39-21-38-28/h7-10,16,18,22-23H,5-6,11-15,17,19-21H2,1-4H3. The van der Waals surface area contributed by atoms with Crippen LogP contribution >= 0.6 is 0 Å². The van der Waals surface area contributed by atoms with Crippen LogP contribution in [0.1, 0.15) is 58.1 Å². The van der Waals surface area contributed by atoms with Crippen LogP contribution in [0.4, 0.5) is 10.1 Å². The molecule has 0 N–H and O–H groups in total. The fourth-order valence-electron chi connectivity index (χ4n) is 5.37. The number of rotatable bonds is 6. The topological polar surface area (TPSA) is 62.3 Å². The quantitative estimate of drug-likeness (QED) is 0.501. The number of nitrogens with zero attached hydrogens (tertiary/aromatic N) is 3. The molecule has 2 heterocycles. The van der Waals surface area contributed by atoms with Crippen molar-refractivity contribution in [1.29, 1.82) is 0 Å². The van der Waals surface area contributed by atoms with E-state index in [1.54, 1.807) is 6.07 Å². The molecule has 0 aromatic heterocycles. The van der Waals surface area contributed by atoms with Gasteiger partial charge in [0.1, 0.15) is 5.82 Å². The molecule has 0 unspecified atom stereocenters. The summed E-state index contributed by atoms with van der Waals surface area (Å²) in [4.78, 5) is 33.1. The van der Waals surface area contributed by atoms with Gasteiger partial charge in [0.15, 0.2) is 11.5 Å². The predicted octanol–water partition coefficient (Wildman–Crippen LogP) is 5.26. The van der Waals surface area contributed by atoms with Crippen LogP contribution < -0.4 is 14.4 Å². The Kier molecular flexibility index (Phi) is 9.83. The van der Waals surface area contributed by atoms with Crippen molar-refractivity contribution in [2.75, 3.05) is 44.4 Å². The summed E-state index contributed by atoms with van der Waals surface area (Å²) in [5.74, 6) is 1.66. The Bertz CT molecular complexity index is 1150. The molecule has 0 aliphatic carbocycles. The van der Waals surface area contributed by atoms with Crippen LogP contribution in [0.5, 0.6) is 11.5 Å². The highest BCUT2D eigenvalue weighted by atomic mass is 19.1. The molecule has 0 saturated heterocycles. The van der Waals surface area contributed by atoms with Crippen LogP contribution in [0.3, 0.4) is 0 Å². The number of fused-ring (bicyclic) bond motifs is 2. The molecule has 2 aromatic carbocycles. The summed E-state index contributed by atoms with van der Waals surface area (Å²) in [7, 11) is 0. The zero-order valence-corrected chi connectivity index (χ0v) is 23.7. The highest BCUT2D eigenvalue weighted by Gasteiger charge is 2.25. The Labute approximate surface area is 231 Å². The van der Waals surface area contributed by atoms with Gasteiger partial charge >= 0.3 is 0 Å². The molecule has 8 heteroatoms. The maximum Gasteiger partial charge on any atom is 0.231 e. The Hall–Kier alpha value is -3.13. The summed E-state index contributed by atoms with van der Waals surface area (Å²) in [5, 5.41) is 0. The van der Waals surface area contributed by atoms with Gasteiger partial charge in [-0.25, -0.2) is 4.39 Å². The van der Waals surface area contributed by atoms with Crippen molar-refractivity contribution in [2.45, 2.75) is 59.9 Å². The maximum absolute atomic E-state index is 14.5. The minimum atomic E-state index is -0.372.